The Labute approximate surface area is 110 Å². The number of rotatable bonds is 1. The van der Waals surface area contributed by atoms with E-state index in [-0.39, 0.29) is 6.04 Å². The first kappa shape index (κ1) is 10.8. The molecule has 0 bridgehead atoms. The zero-order chi connectivity index (χ0) is 12.8. The summed E-state index contributed by atoms with van der Waals surface area (Å²) in [6.07, 6.45) is 2.63. The van der Waals surface area contributed by atoms with Crippen LogP contribution in [0.1, 0.15) is 28.8 Å². The topological polar surface area (TPSA) is 69.4 Å². The Morgan fingerprint density at radius 1 is 1.32 bits per heavy atom. The monoisotopic (exact) mass is 253 g/mol. The van der Waals surface area contributed by atoms with Crippen molar-refractivity contribution in [1.29, 1.82) is 0 Å². The average molecular weight is 253 g/mol. The predicted molar refractivity (Wildman–Crippen MR) is 72.7 cm³/mol. The number of nitrogens with zero attached hydrogens (tertiary/aromatic N) is 2. The van der Waals surface area contributed by atoms with Crippen LogP contribution in [0.2, 0.25) is 0 Å². The van der Waals surface area contributed by atoms with Gasteiger partial charge in [0.15, 0.2) is 0 Å². The maximum Gasteiger partial charge on any atom is 0.124 e. The minimum Gasteiger partial charge on any atom is -0.347 e. The van der Waals surface area contributed by atoms with Gasteiger partial charge in [-0.1, -0.05) is 6.07 Å². The molecule has 0 radical (unpaired) electrons. The highest BCUT2D eigenvalue weighted by atomic mass is 15.1. The van der Waals surface area contributed by atoms with Gasteiger partial charge in [-0.15, -0.1) is 0 Å². The third-order valence-corrected chi connectivity index (χ3v) is 3.72. The normalized spacial score (nSPS) is 18.7. The number of fused-ring (bicyclic) bond motifs is 2. The summed E-state index contributed by atoms with van der Waals surface area (Å²) in [7, 11) is 0. The third-order valence-electron chi connectivity index (χ3n) is 3.72. The summed E-state index contributed by atoms with van der Waals surface area (Å²) in [6, 6.07) is 6.50. The lowest BCUT2D eigenvalue weighted by molar-refractivity contribution is 0.472. The number of hydrogen-bond acceptors (Lipinski definition) is 3. The van der Waals surface area contributed by atoms with Gasteiger partial charge >= 0.3 is 0 Å². The molecule has 3 N–H and O–H groups in total. The van der Waals surface area contributed by atoms with Gasteiger partial charge in [-0.2, -0.15) is 0 Å². The molecule has 1 aliphatic heterocycles. The second-order valence-corrected chi connectivity index (χ2v) is 5.11. The van der Waals surface area contributed by atoms with E-state index in [4.69, 9.17) is 0 Å². The number of aromatic amines is 2. The fourth-order valence-electron chi connectivity index (χ4n) is 2.67. The lowest BCUT2D eigenvalue weighted by Gasteiger charge is -2.20. The Bertz CT molecular complexity index is 739. The minimum absolute atomic E-state index is 0.212. The zero-order valence-corrected chi connectivity index (χ0v) is 10.7. The molecule has 0 amide bonds. The molecule has 1 unspecified atom stereocenters. The molecule has 1 atom stereocenters. The molecule has 3 heterocycles. The van der Waals surface area contributed by atoms with Gasteiger partial charge < -0.3 is 15.3 Å². The van der Waals surface area contributed by atoms with Crippen LogP contribution in [0.5, 0.6) is 0 Å². The van der Waals surface area contributed by atoms with Crippen LogP contribution in [-0.2, 0) is 13.0 Å². The van der Waals surface area contributed by atoms with Crippen LogP contribution in [0.3, 0.4) is 0 Å². The molecule has 3 aromatic rings. The lowest BCUT2D eigenvalue weighted by atomic mass is 10.1. The smallest absolute Gasteiger partial charge is 0.124 e. The number of nitrogens with one attached hydrogen (secondary N) is 3. The number of hydrogen-bond donors (Lipinski definition) is 3. The molecule has 0 aliphatic carbocycles. The van der Waals surface area contributed by atoms with Crippen molar-refractivity contribution in [2.75, 3.05) is 0 Å². The molecular formula is C14H15N5. The van der Waals surface area contributed by atoms with Gasteiger partial charge in [0, 0.05) is 13.0 Å². The first-order chi connectivity index (χ1) is 9.29. The van der Waals surface area contributed by atoms with Gasteiger partial charge in [-0.3, -0.25) is 0 Å². The van der Waals surface area contributed by atoms with Crippen molar-refractivity contribution >= 4 is 11.0 Å². The zero-order valence-electron chi connectivity index (χ0n) is 10.7. The van der Waals surface area contributed by atoms with Gasteiger partial charge in [-0.25, -0.2) is 9.97 Å². The van der Waals surface area contributed by atoms with E-state index in [1.807, 2.05) is 0 Å². The molecule has 1 aliphatic rings. The van der Waals surface area contributed by atoms with Gasteiger partial charge in [0.1, 0.15) is 5.82 Å². The number of aromatic nitrogens is 4. The molecule has 0 saturated carbocycles. The van der Waals surface area contributed by atoms with Crippen molar-refractivity contribution < 1.29 is 0 Å². The van der Waals surface area contributed by atoms with Crippen LogP contribution >= 0.6 is 0 Å². The Morgan fingerprint density at radius 3 is 3.21 bits per heavy atom. The second kappa shape index (κ2) is 3.93. The molecule has 4 rings (SSSR count). The summed E-state index contributed by atoms with van der Waals surface area (Å²) >= 11 is 0. The fraction of sp³-hybridized carbons (Fsp3) is 0.286. The summed E-state index contributed by atoms with van der Waals surface area (Å²) in [5, 5.41) is 3.49. The van der Waals surface area contributed by atoms with E-state index in [0.29, 0.717) is 0 Å². The number of aryl methyl sites for hydroxylation is 1. The first-order valence-corrected chi connectivity index (χ1v) is 6.50. The van der Waals surface area contributed by atoms with E-state index >= 15 is 0 Å². The first-order valence-electron chi connectivity index (χ1n) is 6.50. The minimum atomic E-state index is 0.212. The molecular weight excluding hydrogens is 238 g/mol. The highest BCUT2D eigenvalue weighted by molar-refractivity contribution is 5.75. The van der Waals surface area contributed by atoms with E-state index < -0.39 is 0 Å². The number of imidazole rings is 2. The second-order valence-electron chi connectivity index (χ2n) is 5.11. The summed E-state index contributed by atoms with van der Waals surface area (Å²) in [5.41, 5.74) is 5.69. The van der Waals surface area contributed by atoms with Crippen molar-refractivity contribution in [2.24, 2.45) is 0 Å². The fourth-order valence-corrected chi connectivity index (χ4v) is 2.67. The van der Waals surface area contributed by atoms with Crippen molar-refractivity contribution in [3.05, 3.63) is 47.3 Å². The molecule has 96 valence electrons. The predicted octanol–water partition coefficient (Wildman–Crippen LogP) is 1.98. The Hall–Kier alpha value is -2.14. The number of benzene rings is 1. The van der Waals surface area contributed by atoms with Crippen molar-refractivity contribution in [2.45, 2.75) is 25.9 Å². The van der Waals surface area contributed by atoms with E-state index in [0.717, 1.165) is 35.5 Å². The van der Waals surface area contributed by atoms with Crippen molar-refractivity contribution in [3.8, 4) is 0 Å². The van der Waals surface area contributed by atoms with Crippen LogP contribution in [0.4, 0.5) is 0 Å². The summed E-state index contributed by atoms with van der Waals surface area (Å²) in [5.74, 6) is 0.995. The Morgan fingerprint density at radius 2 is 2.26 bits per heavy atom. The molecule has 5 nitrogen and oxygen atoms in total. The lowest BCUT2D eigenvalue weighted by Crippen LogP contribution is -2.29. The highest BCUT2D eigenvalue weighted by Gasteiger charge is 2.23. The Balaban J connectivity index is 1.71. The van der Waals surface area contributed by atoms with Gasteiger partial charge in [-0.05, 0) is 24.6 Å². The summed E-state index contributed by atoms with van der Waals surface area (Å²) in [4.78, 5) is 15.6. The van der Waals surface area contributed by atoms with Crippen LogP contribution in [0, 0.1) is 6.92 Å². The van der Waals surface area contributed by atoms with Crippen LogP contribution in [-0.4, -0.2) is 19.9 Å². The molecule has 5 heteroatoms. The van der Waals surface area contributed by atoms with E-state index in [2.05, 4.69) is 50.4 Å². The molecule has 0 saturated heterocycles. The summed E-state index contributed by atoms with van der Waals surface area (Å²) in [6.45, 7) is 2.91. The van der Waals surface area contributed by atoms with E-state index in [1.165, 1.54) is 11.3 Å². The molecule has 0 spiro atoms. The molecule has 2 aromatic heterocycles. The quantitative estimate of drug-likeness (QED) is 0.621. The van der Waals surface area contributed by atoms with E-state index in [1.54, 1.807) is 6.33 Å². The SMILES string of the molecule is Cc1ccc2nc(C3Cc4nc[nH]c4CN3)[nH]c2c1. The maximum absolute atomic E-state index is 4.68. The standard InChI is InChI=1S/C14H15N5/c1-8-2-3-9-11(4-8)19-14(18-9)12-5-10-13(6-15-12)17-7-16-10/h2-4,7,12,15H,5-6H2,1H3,(H,16,17)(H,18,19). The number of H-pyrrole nitrogens is 2. The average Bonchev–Trinajstić information content (AvgIpc) is 3.02. The molecule has 0 fully saturated rings. The van der Waals surface area contributed by atoms with Crippen LogP contribution in [0.25, 0.3) is 11.0 Å². The van der Waals surface area contributed by atoms with Gasteiger partial charge in [0.25, 0.3) is 0 Å². The van der Waals surface area contributed by atoms with Gasteiger partial charge in [0.2, 0.25) is 0 Å². The molecule has 1 aromatic carbocycles. The van der Waals surface area contributed by atoms with Crippen molar-refractivity contribution in [3.63, 3.8) is 0 Å². The third kappa shape index (κ3) is 1.74. The Kier molecular flexibility index (Phi) is 2.22. The summed E-state index contributed by atoms with van der Waals surface area (Å²) < 4.78 is 0. The largest absolute Gasteiger partial charge is 0.347 e. The van der Waals surface area contributed by atoms with Gasteiger partial charge in [0.05, 0.1) is 34.8 Å². The van der Waals surface area contributed by atoms with E-state index in [9.17, 15) is 0 Å². The van der Waals surface area contributed by atoms with Crippen LogP contribution < -0.4 is 5.32 Å². The van der Waals surface area contributed by atoms with Crippen molar-refractivity contribution in [1.82, 2.24) is 25.3 Å². The molecule has 19 heavy (non-hydrogen) atoms. The maximum atomic E-state index is 4.68. The highest BCUT2D eigenvalue weighted by Crippen LogP contribution is 2.24. The van der Waals surface area contributed by atoms with Crippen LogP contribution in [0.15, 0.2) is 24.5 Å².